The molecule has 3 amide bonds. The van der Waals surface area contributed by atoms with Crippen molar-refractivity contribution in [1.82, 2.24) is 10.4 Å². The lowest BCUT2D eigenvalue weighted by Gasteiger charge is -2.15. The molecule has 3 aliphatic heterocycles. The van der Waals surface area contributed by atoms with E-state index in [9.17, 15) is 33.9 Å². The molecule has 0 radical (unpaired) electrons. The third-order valence-electron chi connectivity index (χ3n) is 9.20. The molecule has 0 bridgehead atoms. The van der Waals surface area contributed by atoms with E-state index >= 15 is 0 Å². The number of hydrogen-bond acceptors (Lipinski definition) is 13. The van der Waals surface area contributed by atoms with Gasteiger partial charge < -0.3 is 34.2 Å². The standard InChI is InChI=1S/C38H52N2O12S/c41-29(4-1-2-6-34-31-25-35(44)39-32(31)26-53-34)5-3-16-48-18-20-50-22-23-51-21-19-49-17-15-30(42)11-8-27-7-9-28(33(43)24-27)10-14-38(47)52-40-36(45)12-13-37(40)46/h7,9-10,14,24,31-32,34,43H,1-6,8,11-13,15-23,25-26H2,(H,39,44)/b14-10+. The van der Waals surface area contributed by atoms with Gasteiger partial charge in [-0.3, -0.25) is 24.0 Å². The Morgan fingerprint density at radius 3 is 2.15 bits per heavy atom. The van der Waals surface area contributed by atoms with Crippen LogP contribution in [0.2, 0.25) is 0 Å². The van der Waals surface area contributed by atoms with E-state index in [2.05, 4.69) is 5.32 Å². The fraction of sp³-hybridized carbons (Fsp3) is 0.632. The number of carbonyl (C=O) groups is 6. The predicted molar refractivity (Wildman–Crippen MR) is 195 cm³/mol. The number of ketones is 2. The van der Waals surface area contributed by atoms with Gasteiger partial charge in [-0.15, -0.1) is 5.06 Å². The molecular formula is C38H52N2O12S. The van der Waals surface area contributed by atoms with Crippen molar-refractivity contribution in [2.24, 2.45) is 5.92 Å². The average Bonchev–Trinajstić information content (AvgIpc) is 3.80. The van der Waals surface area contributed by atoms with Gasteiger partial charge in [-0.25, -0.2) is 4.79 Å². The number of rotatable bonds is 27. The van der Waals surface area contributed by atoms with E-state index in [1.807, 2.05) is 11.8 Å². The molecule has 15 heteroatoms. The lowest BCUT2D eigenvalue weighted by molar-refractivity contribution is -0.193. The van der Waals surface area contributed by atoms with Crippen molar-refractivity contribution in [1.29, 1.82) is 0 Å². The Bertz CT molecular complexity index is 1420. The third-order valence-corrected chi connectivity index (χ3v) is 10.8. The Labute approximate surface area is 314 Å². The van der Waals surface area contributed by atoms with Crippen LogP contribution >= 0.6 is 11.8 Å². The number of hydrogen-bond donors (Lipinski definition) is 2. The number of thioether (sulfide) groups is 1. The third kappa shape index (κ3) is 15.3. The van der Waals surface area contributed by atoms with Gasteiger partial charge in [0.2, 0.25) is 5.91 Å². The van der Waals surface area contributed by atoms with Gasteiger partial charge >= 0.3 is 5.97 Å². The number of phenols is 1. The average molecular weight is 761 g/mol. The highest BCUT2D eigenvalue weighted by molar-refractivity contribution is 8.00. The van der Waals surface area contributed by atoms with E-state index in [0.29, 0.717) is 106 Å². The van der Waals surface area contributed by atoms with Crippen LogP contribution in [0.25, 0.3) is 6.08 Å². The summed E-state index contributed by atoms with van der Waals surface area (Å²) in [6.45, 7) is 3.30. The highest BCUT2D eigenvalue weighted by atomic mass is 32.2. The first-order chi connectivity index (χ1) is 25.7. The molecule has 2 N–H and O–H groups in total. The van der Waals surface area contributed by atoms with Crippen molar-refractivity contribution in [2.75, 3.05) is 58.6 Å². The minimum absolute atomic E-state index is 0.000509. The van der Waals surface area contributed by atoms with Gasteiger partial charge in [0.05, 0.1) is 46.2 Å². The molecule has 3 saturated heterocycles. The van der Waals surface area contributed by atoms with Gasteiger partial charge in [0.15, 0.2) is 0 Å². The van der Waals surface area contributed by atoms with E-state index in [1.165, 1.54) is 12.1 Å². The zero-order valence-electron chi connectivity index (χ0n) is 30.3. The molecule has 3 aliphatic rings. The lowest BCUT2D eigenvalue weighted by atomic mass is 9.94. The molecule has 3 unspecified atom stereocenters. The van der Waals surface area contributed by atoms with Crippen molar-refractivity contribution in [2.45, 2.75) is 88.3 Å². The zero-order chi connectivity index (χ0) is 37.8. The van der Waals surface area contributed by atoms with E-state index in [-0.39, 0.29) is 55.5 Å². The Morgan fingerprint density at radius 2 is 1.45 bits per heavy atom. The first kappa shape index (κ1) is 42.1. The molecule has 53 heavy (non-hydrogen) atoms. The Balaban J connectivity index is 0.887. The smallest absolute Gasteiger partial charge is 0.356 e. The number of carbonyl (C=O) groups excluding carboxylic acids is 6. The molecule has 3 atom stereocenters. The number of Topliss-reactive ketones (excluding diaryl/α,β-unsaturated/α-hetero) is 2. The van der Waals surface area contributed by atoms with Crippen LogP contribution in [-0.4, -0.2) is 115 Å². The number of benzene rings is 1. The second kappa shape index (κ2) is 23.2. The van der Waals surface area contributed by atoms with Gasteiger partial charge in [-0.05, 0) is 43.4 Å². The Kier molecular flexibility index (Phi) is 18.5. The summed E-state index contributed by atoms with van der Waals surface area (Å²) in [5.74, 6) is -0.190. The molecule has 292 valence electrons. The number of aryl methyl sites for hydroxylation is 1. The summed E-state index contributed by atoms with van der Waals surface area (Å²) < 4.78 is 22.0. The summed E-state index contributed by atoms with van der Waals surface area (Å²) in [4.78, 5) is 75.8. The molecule has 3 fully saturated rings. The van der Waals surface area contributed by atoms with Crippen LogP contribution < -0.4 is 5.32 Å². The molecular weight excluding hydrogens is 708 g/mol. The fourth-order valence-electron chi connectivity index (χ4n) is 6.28. The van der Waals surface area contributed by atoms with Crippen LogP contribution in [0, 0.1) is 5.92 Å². The molecule has 0 aromatic heterocycles. The molecule has 4 rings (SSSR count). The van der Waals surface area contributed by atoms with Gasteiger partial charge in [0, 0.05) is 86.2 Å². The van der Waals surface area contributed by atoms with Crippen molar-refractivity contribution < 1.29 is 57.7 Å². The van der Waals surface area contributed by atoms with Crippen LogP contribution in [0.15, 0.2) is 24.3 Å². The summed E-state index contributed by atoms with van der Waals surface area (Å²) in [5, 5.41) is 14.4. The number of ether oxygens (including phenoxy) is 4. The quantitative estimate of drug-likeness (QED) is 0.0756. The molecule has 0 saturated carbocycles. The van der Waals surface area contributed by atoms with Gasteiger partial charge in [-0.1, -0.05) is 18.6 Å². The maximum Gasteiger partial charge on any atom is 0.356 e. The molecule has 0 spiro atoms. The predicted octanol–water partition coefficient (Wildman–Crippen LogP) is 3.50. The normalized spacial score (nSPS) is 19.7. The summed E-state index contributed by atoms with van der Waals surface area (Å²) in [5.41, 5.74) is 1.08. The largest absolute Gasteiger partial charge is 0.507 e. The number of hydroxylamine groups is 2. The molecule has 0 aliphatic carbocycles. The number of nitrogens with zero attached hydrogens (tertiary/aromatic N) is 1. The first-order valence-corrected chi connectivity index (χ1v) is 19.6. The lowest BCUT2D eigenvalue weighted by Crippen LogP contribution is -2.31. The second-order valence-corrected chi connectivity index (χ2v) is 14.5. The number of amides is 3. The van der Waals surface area contributed by atoms with Gasteiger partial charge in [-0.2, -0.15) is 11.8 Å². The van der Waals surface area contributed by atoms with Crippen LogP contribution in [-0.2, 0) is 59.0 Å². The number of aromatic hydroxyl groups is 1. The maximum atomic E-state index is 12.3. The topological polar surface area (TPSA) is 184 Å². The maximum absolute atomic E-state index is 12.3. The van der Waals surface area contributed by atoms with Crippen LogP contribution in [0.5, 0.6) is 5.75 Å². The Morgan fingerprint density at radius 1 is 0.811 bits per heavy atom. The minimum Gasteiger partial charge on any atom is -0.507 e. The second-order valence-electron chi connectivity index (χ2n) is 13.3. The highest BCUT2D eigenvalue weighted by Crippen LogP contribution is 2.40. The monoisotopic (exact) mass is 760 g/mol. The van der Waals surface area contributed by atoms with E-state index < -0.39 is 17.8 Å². The SMILES string of the molecule is O=C(CCCCC1SCC2NC(=O)CC21)CCCOCCOCCOCCOCCC(=O)CCc1ccc(/C=C/C(=O)ON2C(=O)CCC2=O)c(O)c1. The van der Waals surface area contributed by atoms with Gasteiger partial charge in [0.25, 0.3) is 11.8 Å². The Hall–Kier alpha value is -3.63. The zero-order valence-corrected chi connectivity index (χ0v) is 31.1. The van der Waals surface area contributed by atoms with Crippen molar-refractivity contribution in [3.05, 3.63) is 35.4 Å². The van der Waals surface area contributed by atoms with Crippen molar-refractivity contribution in [3.8, 4) is 5.75 Å². The van der Waals surface area contributed by atoms with Gasteiger partial charge in [0.1, 0.15) is 17.3 Å². The van der Waals surface area contributed by atoms with E-state index in [4.69, 9.17) is 23.8 Å². The summed E-state index contributed by atoms with van der Waals surface area (Å²) in [7, 11) is 0. The summed E-state index contributed by atoms with van der Waals surface area (Å²) in [6.07, 6.45) is 8.82. The van der Waals surface area contributed by atoms with Crippen LogP contribution in [0.4, 0.5) is 0 Å². The molecule has 14 nitrogen and oxygen atoms in total. The molecule has 3 heterocycles. The first-order valence-electron chi connectivity index (χ1n) is 18.5. The summed E-state index contributed by atoms with van der Waals surface area (Å²) in [6, 6.07) is 5.18. The highest BCUT2D eigenvalue weighted by Gasteiger charge is 2.42. The minimum atomic E-state index is -0.918. The van der Waals surface area contributed by atoms with E-state index in [0.717, 1.165) is 36.7 Å². The molecule has 1 aromatic rings. The van der Waals surface area contributed by atoms with Crippen LogP contribution in [0.3, 0.4) is 0 Å². The number of fused-ring (bicyclic) bond motifs is 1. The van der Waals surface area contributed by atoms with Crippen LogP contribution in [0.1, 0.15) is 81.8 Å². The number of unbranched alkanes of at least 4 members (excludes halogenated alkanes) is 1. The van der Waals surface area contributed by atoms with E-state index in [1.54, 1.807) is 12.1 Å². The summed E-state index contributed by atoms with van der Waals surface area (Å²) >= 11 is 1.96. The number of imide groups is 1. The van der Waals surface area contributed by atoms with Crippen molar-refractivity contribution in [3.63, 3.8) is 0 Å². The number of nitrogens with one attached hydrogen (secondary N) is 1. The van der Waals surface area contributed by atoms with Crippen molar-refractivity contribution >= 4 is 53.1 Å². The molecule has 1 aromatic carbocycles. The fourth-order valence-corrected chi connectivity index (χ4v) is 7.93. The number of phenolic OH excluding ortho intramolecular Hbond substituents is 1.